The third kappa shape index (κ3) is 5.10. The van der Waals surface area contributed by atoms with E-state index in [2.05, 4.69) is 29.2 Å². The van der Waals surface area contributed by atoms with Crippen molar-refractivity contribution in [3.63, 3.8) is 0 Å². The van der Waals surface area contributed by atoms with Gasteiger partial charge in [-0.25, -0.2) is 4.98 Å². The smallest absolute Gasteiger partial charge is 0.138 e. The average molecular weight is 305 g/mol. The summed E-state index contributed by atoms with van der Waals surface area (Å²) in [6.45, 7) is 4.74. The number of aromatic nitrogens is 2. The summed E-state index contributed by atoms with van der Waals surface area (Å²) >= 11 is 1.70. The van der Waals surface area contributed by atoms with Crippen LogP contribution in [0.15, 0.2) is 23.7 Å². The molecule has 0 fully saturated rings. The molecule has 21 heavy (non-hydrogen) atoms. The molecule has 0 radical (unpaired) electrons. The fraction of sp³-hybridized carbons (Fsp3) is 0.500. The highest BCUT2D eigenvalue weighted by Gasteiger charge is 2.05. The van der Waals surface area contributed by atoms with Crippen molar-refractivity contribution in [2.75, 3.05) is 0 Å². The van der Waals surface area contributed by atoms with Crippen LogP contribution < -0.4 is 10.5 Å². The molecule has 0 saturated carbocycles. The Labute approximate surface area is 130 Å². The summed E-state index contributed by atoms with van der Waals surface area (Å²) in [5, 5.41) is 3.24. The first-order valence-electron chi connectivity index (χ1n) is 7.47. The molecule has 0 aromatic carbocycles. The van der Waals surface area contributed by atoms with Crippen molar-refractivity contribution in [1.82, 2.24) is 9.97 Å². The lowest BCUT2D eigenvalue weighted by Gasteiger charge is -2.08. The van der Waals surface area contributed by atoms with Gasteiger partial charge in [0.05, 0.1) is 16.9 Å². The van der Waals surface area contributed by atoms with Crippen LogP contribution >= 0.6 is 11.3 Å². The first kappa shape index (κ1) is 15.9. The quantitative estimate of drug-likeness (QED) is 0.812. The van der Waals surface area contributed by atoms with Crippen molar-refractivity contribution < 1.29 is 4.74 Å². The Morgan fingerprint density at radius 2 is 2.14 bits per heavy atom. The molecule has 0 aliphatic heterocycles. The predicted molar refractivity (Wildman–Crippen MR) is 86.6 cm³/mol. The third-order valence-corrected chi connectivity index (χ3v) is 4.20. The molecule has 0 spiro atoms. The van der Waals surface area contributed by atoms with Crippen LogP contribution in [0.5, 0.6) is 5.75 Å². The molecular weight excluding hydrogens is 282 g/mol. The molecule has 0 bridgehead atoms. The van der Waals surface area contributed by atoms with Crippen molar-refractivity contribution in [3.05, 3.63) is 40.1 Å². The standard InChI is InChI=1S/C16H23N3OS/c1-3-5-16-19-14(11-21-16)10-20-15-7-6-13(18-9-15)8-12(17)4-2/h6-7,9,11-12H,3-5,8,10,17H2,1-2H3. The summed E-state index contributed by atoms with van der Waals surface area (Å²) in [5.74, 6) is 0.772. The zero-order chi connectivity index (χ0) is 15.1. The van der Waals surface area contributed by atoms with Gasteiger partial charge >= 0.3 is 0 Å². The molecule has 1 atom stereocenters. The number of hydrogen-bond donors (Lipinski definition) is 1. The number of pyridine rings is 1. The highest BCUT2D eigenvalue weighted by Crippen LogP contribution is 2.15. The Balaban J connectivity index is 1.85. The molecule has 2 N–H and O–H groups in total. The van der Waals surface area contributed by atoms with Gasteiger partial charge in [0.25, 0.3) is 0 Å². The van der Waals surface area contributed by atoms with E-state index in [-0.39, 0.29) is 6.04 Å². The van der Waals surface area contributed by atoms with E-state index in [1.807, 2.05) is 12.1 Å². The molecule has 2 heterocycles. The number of rotatable bonds is 8. The molecule has 0 aliphatic rings. The molecule has 0 amide bonds. The lowest BCUT2D eigenvalue weighted by molar-refractivity contribution is 0.300. The van der Waals surface area contributed by atoms with E-state index in [0.717, 1.165) is 42.8 Å². The zero-order valence-electron chi connectivity index (χ0n) is 12.7. The minimum absolute atomic E-state index is 0.177. The minimum Gasteiger partial charge on any atom is -0.486 e. The van der Waals surface area contributed by atoms with Crippen molar-refractivity contribution in [1.29, 1.82) is 0 Å². The highest BCUT2D eigenvalue weighted by atomic mass is 32.1. The van der Waals surface area contributed by atoms with Crippen LogP contribution in [0.3, 0.4) is 0 Å². The van der Waals surface area contributed by atoms with Crippen LogP contribution in [0.2, 0.25) is 0 Å². The van der Waals surface area contributed by atoms with Crippen molar-refractivity contribution in [3.8, 4) is 5.75 Å². The Kier molecular flexibility index (Phi) is 6.14. The van der Waals surface area contributed by atoms with Gasteiger partial charge in [0.15, 0.2) is 0 Å². The molecule has 0 saturated heterocycles. The monoisotopic (exact) mass is 305 g/mol. The van der Waals surface area contributed by atoms with E-state index in [1.54, 1.807) is 17.5 Å². The summed E-state index contributed by atoms with van der Waals surface area (Å²) in [6.07, 6.45) is 5.70. The second kappa shape index (κ2) is 8.10. The van der Waals surface area contributed by atoms with E-state index >= 15 is 0 Å². The number of nitrogens with zero attached hydrogens (tertiary/aromatic N) is 2. The van der Waals surface area contributed by atoms with Crippen molar-refractivity contribution >= 4 is 11.3 Å². The SMILES string of the molecule is CCCc1nc(COc2ccc(CC(N)CC)nc2)cs1. The summed E-state index contributed by atoms with van der Waals surface area (Å²) < 4.78 is 5.72. The van der Waals surface area contributed by atoms with Gasteiger partial charge in [0.1, 0.15) is 12.4 Å². The fourth-order valence-electron chi connectivity index (χ4n) is 1.93. The summed E-state index contributed by atoms with van der Waals surface area (Å²) in [6, 6.07) is 4.11. The van der Waals surface area contributed by atoms with E-state index < -0.39 is 0 Å². The normalized spacial score (nSPS) is 12.3. The molecule has 4 nitrogen and oxygen atoms in total. The highest BCUT2D eigenvalue weighted by molar-refractivity contribution is 7.09. The van der Waals surface area contributed by atoms with Crippen LogP contribution in [0, 0.1) is 0 Å². The van der Waals surface area contributed by atoms with Crippen LogP contribution in [-0.4, -0.2) is 16.0 Å². The van der Waals surface area contributed by atoms with E-state index in [0.29, 0.717) is 6.61 Å². The van der Waals surface area contributed by atoms with Crippen LogP contribution in [0.1, 0.15) is 43.1 Å². The predicted octanol–water partition coefficient (Wildman–Crippen LogP) is 3.35. The maximum Gasteiger partial charge on any atom is 0.138 e. The molecule has 114 valence electrons. The van der Waals surface area contributed by atoms with Gasteiger partial charge in [-0.05, 0) is 31.4 Å². The minimum atomic E-state index is 0.177. The van der Waals surface area contributed by atoms with Gasteiger partial charge in [-0.3, -0.25) is 4.98 Å². The lowest BCUT2D eigenvalue weighted by atomic mass is 10.1. The van der Waals surface area contributed by atoms with E-state index in [4.69, 9.17) is 10.5 Å². The largest absolute Gasteiger partial charge is 0.486 e. The number of thiazole rings is 1. The third-order valence-electron chi connectivity index (χ3n) is 3.24. The molecular formula is C16H23N3OS. The number of nitrogens with two attached hydrogens (primary N) is 1. The molecule has 2 rings (SSSR count). The van der Waals surface area contributed by atoms with E-state index in [9.17, 15) is 0 Å². The van der Waals surface area contributed by atoms with Gasteiger partial charge in [-0.1, -0.05) is 13.8 Å². The summed E-state index contributed by atoms with van der Waals surface area (Å²) in [5.41, 5.74) is 7.92. The van der Waals surface area contributed by atoms with Gasteiger partial charge in [-0.15, -0.1) is 11.3 Å². The molecule has 2 aromatic rings. The van der Waals surface area contributed by atoms with Crippen molar-refractivity contribution in [2.45, 2.75) is 52.2 Å². The Bertz CT molecular complexity index is 539. The second-order valence-electron chi connectivity index (χ2n) is 5.13. The summed E-state index contributed by atoms with van der Waals surface area (Å²) in [4.78, 5) is 8.93. The van der Waals surface area contributed by atoms with Gasteiger partial charge in [-0.2, -0.15) is 0 Å². The van der Waals surface area contributed by atoms with Crippen LogP contribution in [0.25, 0.3) is 0 Å². The van der Waals surface area contributed by atoms with Gasteiger partial charge < -0.3 is 10.5 Å². The first-order valence-corrected chi connectivity index (χ1v) is 8.35. The molecule has 1 unspecified atom stereocenters. The maximum atomic E-state index is 5.93. The fourth-order valence-corrected chi connectivity index (χ4v) is 2.82. The van der Waals surface area contributed by atoms with Crippen molar-refractivity contribution in [2.24, 2.45) is 5.73 Å². The molecule has 2 aromatic heterocycles. The summed E-state index contributed by atoms with van der Waals surface area (Å²) in [7, 11) is 0. The molecule has 0 aliphatic carbocycles. The van der Waals surface area contributed by atoms with Crippen LogP contribution in [-0.2, 0) is 19.4 Å². The average Bonchev–Trinajstić information content (AvgIpc) is 2.94. The maximum absolute atomic E-state index is 5.93. The van der Waals surface area contributed by atoms with E-state index in [1.165, 1.54) is 5.01 Å². The van der Waals surface area contributed by atoms with Gasteiger partial charge in [0, 0.05) is 23.5 Å². The number of ether oxygens (including phenoxy) is 1. The number of aryl methyl sites for hydroxylation is 1. The Morgan fingerprint density at radius 3 is 2.81 bits per heavy atom. The van der Waals surface area contributed by atoms with Gasteiger partial charge in [0.2, 0.25) is 0 Å². The zero-order valence-corrected chi connectivity index (χ0v) is 13.5. The Hall–Kier alpha value is -1.46. The number of hydrogen-bond acceptors (Lipinski definition) is 5. The molecule has 5 heteroatoms. The first-order chi connectivity index (χ1) is 10.2. The second-order valence-corrected chi connectivity index (χ2v) is 6.07. The van der Waals surface area contributed by atoms with Crippen LogP contribution in [0.4, 0.5) is 0 Å². The lowest BCUT2D eigenvalue weighted by Crippen LogP contribution is -2.21. The Morgan fingerprint density at radius 1 is 1.29 bits per heavy atom. The topological polar surface area (TPSA) is 61.0 Å².